The first-order valence-electron chi connectivity index (χ1n) is 7.21. The van der Waals surface area contributed by atoms with Crippen molar-refractivity contribution in [3.05, 3.63) is 60.6 Å². The van der Waals surface area contributed by atoms with Crippen LogP contribution in [0.4, 0.5) is 4.39 Å². The molecule has 4 rings (SSSR count). The number of aryl methyl sites for hydroxylation is 1. The number of benzene rings is 1. The molecule has 0 amide bonds. The summed E-state index contributed by atoms with van der Waals surface area (Å²) in [6, 6.07) is 6.74. The van der Waals surface area contributed by atoms with Crippen molar-refractivity contribution in [2.45, 2.75) is 6.92 Å². The van der Waals surface area contributed by atoms with Crippen molar-refractivity contribution in [3.8, 4) is 28.3 Å². The molecule has 0 aliphatic carbocycles. The van der Waals surface area contributed by atoms with Gasteiger partial charge in [0.05, 0.1) is 23.9 Å². The van der Waals surface area contributed by atoms with Crippen LogP contribution in [-0.2, 0) is 0 Å². The van der Waals surface area contributed by atoms with Crippen molar-refractivity contribution in [2.24, 2.45) is 0 Å². The van der Waals surface area contributed by atoms with E-state index in [0.717, 1.165) is 11.3 Å². The molecule has 0 unspecified atom stereocenters. The van der Waals surface area contributed by atoms with Crippen molar-refractivity contribution >= 4 is 0 Å². The first kappa shape index (κ1) is 14.2. The van der Waals surface area contributed by atoms with Crippen LogP contribution >= 0.6 is 0 Å². The van der Waals surface area contributed by atoms with Crippen LogP contribution in [-0.4, -0.2) is 35.2 Å². The van der Waals surface area contributed by atoms with Gasteiger partial charge >= 0.3 is 0 Å². The second kappa shape index (κ2) is 5.65. The van der Waals surface area contributed by atoms with Gasteiger partial charge in [0.15, 0.2) is 0 Å². The van der Waals surface area contributed by atoms with E-state index < -0.39 is 0 Å². The van der Waals surface area contributed by atoms with Crippen LogP contribution in [0.1, 0.15) is 5.56 Å². The summed E-state index contributed by atoms with van der Waals surface area (Å²) in [7, 11) is 0. The highest BCUT2D eigenvalue weighted by Crippen LogP contribution is 2.28. The van der Waals surface area contributed by atoms with E-state index in [1.165, 1.54) is 6.07 Å². The number of nitrogens with zero attached hydrogens (tertiary/aromatic N) is 6. The Labute approximate surface area is 136 Å². The Kier molecular flexibility index (Phi) is 3.34. The van der Waals surface area contributed by atoms with Crippen LogP contribution in [0.15, 0.2) is 49.2 Å². The number of hydrogen-bond donors (Lipinski definition) is 1. The number of hydrogen-bond acceptors (Lipinski definition) is 5. The summed E-state index contributed by atoms with van der Waals surface area (Å²) in [5.41, 5.74) is 3.32. The minimum absolute atomic E-state index is 0.348. The fourth-order valence-electron chi connectivity index (χ4n) is 2.53. The maximum atomic E-state index is 14.5. The van der Waals surface area contributed by atoms with Crippen LogP contribution < -0.4 is 0 Å². The molecule has 7 nitrogen and oxygen atoms in total. The molecule has 0 fully saturated rings. The zero-order chi connectivity index (χ0) is 16.5. The summed E-state index contributed by atoms with van der Waals surface area (Å²) < 4.78 is 16.4. The molecule has 0 bridgehead atoms. The Bertz CT molecular complexity index is 896. The number of pyridine rings is 1. The molecule has 0 aliphatic heterocycles. The van der Waals surface area contributed by atoms with Crippen molar-refractivity contribution in [1.82, 2.24) is 35.2 Å². The molecule has 8 heteroatoms. The average Bonchev–Trinajstić information content (AvgIpc) is 3.29. The summed E-state index contributed by atoms with van der Waals surface area (Å²) in [6.45, 7) is 1.90. The number of aromatic amines is 1. The lowest BCUT2D eigenvalue weighted by Gasteiger charge is -2.10. The standard InChI is InChI=1S/C16H12FN7/c1-10-6-12(24-5-4-18-9-24)8-19-15(10)13-3-2-11(7-14(13)17)16-20-22-23-21-16/h2-9H,1H3,(H,20,21,22,23). The third-order valence-corrected chi connectivity index (χ3v) is 3.69. The molecule has 1 aromatic carbocycles. The SMILES string of the molecule is Cc1cc(-n2ccnc2)cnc1-c1ccc(-c2nn[nH]n2)cc1F. The minimum atomic E-state index is -0.386. The summed E-state index contributed by atoms with van der Waals surface area (Å²) in [5, 5.41) is 13.5. The average molecular weight is 321 g/mol. The van der Waals surface area contributed by atoms with Gasteiger partial charge in [-0.25, -0.2) is 9.37 Å². The third kappa shape index (κ3) is 2.43. The lowest BCUT2D eigenvalue weighted by molar-refractivity contribution is 0.631. The first-order chi connectivity index (χ1) is 11.7. The van der Waals surface area contributed by atoms with Gasteiger partial charge in [-0.15, -0.1) is 10.2 Å². The van der Waals surface area contributed by atoms with Crippen molar-refractivity contribution < 1.29 is 4.39 Å². The van der Waals surface area contributed by atoms with Crippen molar-refractivity contribution in [3.63, 3.8) is 0 Å². The van der Waals surface area contributed by atoms with Gasteiger partial charge in [-0.3, -0.25) is 4.98 Å². The molecule has 118 valence electrons. The van der Waals surface area contributed by atoms with Crippen LogP contribution in [0.3, 0.4) is 0 Å². The number of H-pyrrole nitrogens is 1. The Morgan fingerprint density at radius 1 is 1.21 bits per heavy atom. The van der Waals surface area contributed by atoms with Gasteiger partial charge < -0.3 is 4.57 Å². The monoisotopic (exact) mass is 321 g/mol. The van der Waals surface area contributed by atoms with E-state index in [1.54, 1.807) is 30.9 Å². The molecule has 0 saturated carbocycles. The van der Waals surface area contributed by atoms with Crippen LogP contribution in [0.25, 0.3) is 28.3 Å². The molecular formula is C16H12FN7. The largest absolute Gasteiger partial charge is 0.305 e. The highest BCUT2D eigenvalue weighted by atomic mass is 19.1. The number of tetrazole rings is 1. The molecule has 3 heterocycles. The lowest BCUT2D eigenvalue weighted by atomic mass is 10.0. The van der Waals surface area contributed by atoms with Gasteiger partial charge in [0.2, 0.25) is 5.82 Å². The van der Waals surface area contributed by atoms with E-state index >= 15 is 0 Å². The smallest absolute Gasteiger partial charge is 0.204 e. The van der Waals surface area contributed by atoms with Crippen molar-refractivity contribution in [1.29, 1.82) is 0 Å². The van der Waals surface area contributed by atoms with E-state index in [-0.39, 0.29) is 5.82 Å². The second-order valence-electron chi connectivity index (χ2n) is 5.26. The highest BCUT2D eigenvalue weighted by Gasteiger charge is 2.13. The summed E-state index contributed by atoms with van der Waals surface area (Å²) in [4.78, 5) is 8.43. The van der Waals surface area contributed by atoms with Crippen LogP contribution in [0, 0.1) is 12.7 Å². The number of aromatic nitrogens is 7. The predicted molar refractivity (Wildman–Crippen MR) is 84.7 cm³/mol. The van der Waals surface area contributed by atoms with Crippen LogP contribution in [0.5, 0.6) is 0 Å². The fraction of sp³-hybridized carbons (Fsp3) is 0.0625. The molecule has 0 spiro atoms. The highest BCUT2D eigenvalue weighted by molar-refractivity contribution is 5.68. The molecular weight excluding hydrogens is 309 g/mol. The van der Waals surface area contributed by atoms with Gasteiger partial charge in [-0.05, 0) is 35.9 Å². The van der Waals surface area contributed by atoms with Gasteiger partial charge in [-0.2, -0.15) is 5.21 Å². The Hall–Kier alpha value is -3.42. The van der Waals surface area contributed by atoms with E-state index in [1.807, 2.05) is 23.8 Å². The number of rotatable bonds is 3. The second-order valence-corrected chi connectivity index (χ2v) is 5.26. The summed E-state index contributed by atoms with van der Waals surface area (Å²) in [6.07, 6.45) is 6.91. The quantitative estimate of drug-likeness (QED) is 0.627. The minimum Gasteiger partial charge on any atom is -0.305 e. The van der Waals surface area contributed by atoms with Gasteiger partial charge in [0.1, 0.15) is 5.82 Å². The fourth-order valence-corrected chi connectivity index (χ4v) is 2.53. The van der Waals surface area contributed by atoms with Gasteiger partial charge in [0.25, 0.3) is 0 Å². The Morgan fingerprint density at radius 2 is 2.12 bits per heavy atom. The molecule has 1 N–H and O–H groups in total. The molecule has 4 aromatic rings. The maximum absolute atomic E-state index is 14.5. The predicted octanol–water partition coefficient (Wildman–Crippen LogP) is 2.56. The zero-order valence-electron chi connectivity index (χ0n) is 12.7. The molecule has 3 aromatic heterocycles. The van der Waals surface area contributed by atoms with E-state index in [9.17, 15) is 4.39 Å². The normalized spacial score (nSPS) is 10.9. The molecule has 0 radical (unpaired) electrons. The Balaban J connectivity index is 1.74. The van der Waals surface area contributed by atoms with Crippen molar-refractivity contribution in [2.75, 3.05) is 0 Å². The van der Waals surface area contributed by atoms with Crippen LogP contribution in [0.2, 0.25) is 0 Å². The molecule has 0 aliphatic rings. The topological polar surface area (TPSA) is 85.2 Å². The summed E-state index contributed by atoms with van der Waals surface area (Å²) >= 11 is 0. The van der Waals surface area contributed by atoms with E-state index in [4.69, 9.17) is 0 Å². The lowest BCUT2D eigenvalue weighted by Crippen LogP contribution is -1.97. The summed E-state index contributed by atoms with van der Waals surface area (Å²) in [5.74, 6) is -0.0381. The third-order valence-electron chi connectivity index (χ3n) is 3.69. The Morgan fingerprint density at radius 3 is 2.79 bits per heavy atom. The van der Waals surface area contributed by atoms with Gasteiger partial charge in [-0.1, -0.05) is 6.07 Å². The molecule has 0 atom stereocenters. The number of imidazole rings is 1. The zero-order valence-corrected chi connectivity index (χ0v) is 12.7. The molecule has 24 heavy (non-hydrogen) atoms. The number of nitrogens with one attached hydrogen (secondary N) is 1. The van der Waals surface area contributed by atoms with E-state index in [2.05, 4.69) is 30.6 Å². The van der Waals surface area contributed by atoms with Gasteiger partial charge in [0, 0.05) is 23.5 Å². The van der Waals surface area contributed by atoms with E-state index in [0.29, 0.717) is 22.6 Å². The number of halogens is 1. The maximum Gasteiger partial charge on any atom is 0.204 e. The molecule has 0 saturated heterocycles. The first-order valence-corrected chi connectivity index (χ1v) is 7.21.